The molecular formula is C15H12ClFN2O2S. The summed E-state index contributed by atoms with van der Waals surface area (Å²) < 4.78 is 37.5. The van der Waals surface area contributed by atoms with Crippen LogP contribution in [0, 0.1) is 5.82 Å². The van der Waals surface area contributed by atoms with Crippen molar-refractivity contribution in [3.8, 4) is 0 Å². The molecule has 3 rings (SSSR count). The molecule has 1 N–H and O–H groups in total. The van der Waals surface area contributed by atoms with E-state index in [1.165, 1.54) is 12.1 Å². The molecular weight excluding hydrogens is 327 g/mol. The van der Waals surface area contributed by atoms with Crippen LogP contribution >= 0.6 is 11.6 Å². The average Bonchev–Trinajstić information content (AvgIpc) is 2.48. The van der Waals surface area contributed by atoms with Crippen LogP contribution in [-0.4, -0.2) is 19.9 Å². The topological polar surface area (TPSA) is 58.5 Å². The van der Waals surface area contributed by atoms with Crippen LogP contribution in [-0.2, 0) is 9.84 Å². The molecule has 4 nitrogen and oxygen atoms in total. The highest BCUT2D eigenvalue weighted by Crippen LogP contribution is 2.26. The molecule has 7 heteroatoms. The second-order valence-corrected chi connectivity index (χ2v) is 7.40. The normalized spacial score (nSPS) is 18.0. The minimum Gasteiger partial charge on any atom is -0.278 e. The molecule has 1 aliphatic heterocycles. The van der Waals surface area contributed by atoms with Crippen molar-refractivity contribution in [1.29, 1.82) is 0 Å². The number of hydrogen-bond donors (Lipinski definition) is 1. The third-order valence-electron chi connectivity index (χ3n) is 3.36. The lowest BCUT2D eigenvalue weighted by Gasteiger charge is -2.18. The van der Waals surface area contributed by atoms with Crippen LogP contribution in [0.25, 0.3) is 0 Å². The summed E-state index contributed by atoms with van der Waals surface area (Å²) in [5, 5.41) is 4.83. The van der Waals surface area contributed by atoms with E-state index in [1.807, 2.05) is 0 Å². The SMILES string of the molecule is O=S1(=O)CC/C(=N/Nc2ccc(Cl)cc2)c2cc(F)ccc21. The summed E-state index contributed by atoms with van der Waals surface area (Å²) in [5.41, 5.74) is 4.38. The van der Waals surface area contributed by atoms with E-state index in [0.717, 1.165) is 6.07 Å². The average molecular weight is 339 g/mol. The van der Waals surface area contributed by atoms with Crippen molar-refractivity contribution < 1.29 is 12.8 Å². The Morgan fingerprint density at radius 1 is 1.14 bits per heavy atom. The van der Waals surface area contributed by atoms with E-state index in [2.05, 4.69) is 10.5 Å². The van der Waals surface area contributed by atoms with Gasteiger partial charge in [0.1, 0.15) is 5.82 Å². The van der Waals surface area contributed by atoms with Gasteiger partial charge in [-0.1, -0.05) is 11.6 Å². The second-order valence-electron chi connectivity index (χ2n) is 4.89. The van der Waals surface area contributed by atoms with E-state index in [0.29, 0.717) is 22.0 Å². The fourth-order valence-corrected chi connectivity index (χ4v) is 3.84. The third kappa shape index (κ3) is 2.98. The molecule has 0 aromatic heterocycles. The zero-order valence-corrected chi connectivity index (χ0v) is 13.0. The van der Waals surface area contributed by atoms with E-state index in [1.54, 1.807) is 24.3 Å². The van der Waals surface area contributed by atoms with Crippen LogP contribution in [0.4, 0.5) is 10.1 Å². The monoisotopic (exact) mass is 338 g/mol. The Morgan fingerprint density at radius 3 is 2.59 bits per heavy atom. The van der Waals surface area contributed by atoms with Crippen LogP contribution in [0.5, 0.6) is 0 Å². The van der Waals surface area contributed by atoms with Crippen LogP contribution in [0.1, 0.15) is 12.0 Å². The zero-order valence-electron chi connectivity index (χ0n) is 11.4. The second kappa shape index (κ2) is 5.70. The Balaban J connectivity index is 1.97. The molecule has 2 aromatic rings. The highest BCUT2D eigenvalue weighted by atomic mass is 35.5. The quantitative estimate of drug-likeness (QED) is 0.673. The van der Waals surface area contributed by atoms with Crippen molar-refractivity contribution in [2.75, 3.05) is 11.2 Å². The first-order valence-corrected chi connectivity index (χ1v) is 8.59. The Labute approximate surface area is 132 Å². The maximum absolute atomic E-state index is 13.4. The van der Waals surface area contributed by atoms with Gasteiger partial charge in [0.25, 0.3) is 0 Å². The van der Waals surface area contributed by atoms with E-state index < -0.39 is 15.7 Å². The smallest absolute Gasteiger partial charge is 0.179 e. The fraction of sp³-hybridized carbons (Fsp3) is 0.133. The Hall–Kier alpha value is -1.92. The molecule has 22 heavy (non-hydrogen) atoms. The van der Waals surface area contributed by atoms with Crippen molar-refractivity contribution in [2.45, 2.75) is 11.3 Å². The fourth-order valence-electron chi connectivity index (χ4n) is 2.25. The van der Waals surface area contributed by atoms with Crippen molar-refractivity contribution in [3.63, 3.8) is 0 Å². The molecule has 0 fully saturated rings. The van der Waals surface area contributed by atoms with E-state index in [-0.39, 0.29) is 17.1 Å². The summed E-state index contributed by atoms with van der Waals surface area (Å²) >= 11 is 5.80. The lowest BCUT2D eigenvalue weighted by molar-refractivity contribution is 0.593. The predicted molar refractivity (Wildman–Crippen MR) is 84.7 cm³/mol. The van der Waals surface area contributed by atoms with Crippen LogP contribution in [0.3, 0.4) is 0 Å². The Morgan fingerprint density at radius 2 is 1.86 bits per heavy atom. The standard InChI is InChI=1S/C15H12ClFN2O2S/c16-10-1-4-12(5-2-10)18-19-14-7-8-22(20,21)15-6-3-11(17)9-13(14)15/h1-6,9,18H,7-8H2/b19-14-. The van der Waals surface area contributed by atoms with Crippen molar-refractivity contribution >= 4 is 32.8 Å². The number of nitrogens with zero attached hydrogens (tertiary/aromatic N) is 1. The summed E-state index contributed by atoms with van der Waals surface area (Å²) in [6.07, 6.45) is 0.235. The van der Waals surface area contributed by atoms with Gasteiger partial charge in [-0.15, -0.1) is 0 Å². The summed E-state index contributed by atoms with van der Waals surface area (Å²) in [7, 11) is -3.37. The first-order valence-electron chi connectivity index (χ1n) is 6.56. The molecule has 0 unspecified atom stereocenters. The van der Waals surface area contributed by atoms with Gasteiger partial charge in [0.05, 0.1) is 22.0 Å². The van der Waals surface area contributed by atoms with Gasteiger partial charge < -0.3 is 0 Å². The molecule has 0 bridgehead atoms. The summed E-state index contributed by atoms with van der Waals surface area (Å²) in [4.78, 5) is 0.122. The zero-order chi connectivity index (χ0) is 15.7. The van der Waals surface area contributed by atoms with Crippen LogP contribution in [0.15, 0.2) is 52.5 Å². The molecule has 0 spiro atoms. The first kappa shape index (κ1) is 15.0. The van der Waals surface area contributed by atoms with E-state index >= 15 is 0 Å². The first-order chi connectivity index (χ1) is 10.5. The Kier molecular flexibility index (Phi) is 3.88. The number of hydrazone groups is 1. The largest absolute Gasteiger partial charge is 0.278 e. The van der Waals surface area contributed by atoms with Gasteiger partial charge in [-0.3, -0.25) is 5.43 Å². The molecule has 1 aliphatic rings. The number of anilines is 1. The molecule has 0 saturated carbocycles. The number of nitrogens with one attached hydrogen (secondary N) is 1. The molecule has 0 radical (unpaired) electrons. The molecule has 0 aliphatic carbocycles. The molecule has 0 amide bonds. The summed E-state index contributed by atoms with van der Waals surface area (Å²) in [6, 6.07) is 10.6. The van der Waals surface area contributed by atoms with E-state index in [9.17, 15) is 12.8 Å². The van der Waals surface area contributed by atoms with Crippen LogP contribution in [0.2, 0.25) is 5.02 Å². The maximum atomic E-state index is 13.4. The van der Waals surface area contributed by atoms with Crippen LogP contribution < -0.4 is 5.43 Å². The van der Waals surface area contributed by atoms with Gasteiger partial charge in [-0.05, 0) is 42.5 Å². The summed E-state index contributed by atoms with van der Waals surface area (Å²) in [6.45, 7) is 0. The van der Waals surface area contributed by atoms with Crippen molar-refractivity contribution in [3.05, 3.63) is 58.9 Å². The molecule has 0 saturated heterocycles. The van der Waals surface area contributed by atoms with Gasteiger partial charge in [-0.2, -0.15) is 5.10 Å². The van der Waals surface area contributed by atoms with Crippen molar-refractivity contribution in [2.24, 2.45) is 5.10 Å². The number of fused-ring (bicyclic) bond motifs is 1. The van der Waals surface area contributed by atoms with Gasteiger partial charge in [0.2, 0.25) is 0 Å². The number of halogens is 2. The molecule has 0 atom stereocenters. The van der Waals surface area contributed by atoms with Gasteiger partial charge in [0.15, 0.2) is 9.84 Å². The maximum Gasteiger partial charge on any atom is 0.179 e. The highest BCUT2D eigenvalue weighted by Gasteiger charge is 2.28. The molecule has 1 heterocycles. The minimum atomic E-state index is -3.37. The minimum absolute atomic E-state index is 0.0350. The van der Waals surface area contributed by atoms with Gasteiger partial charge in [-0.25, -0.2) is 12.8 Å². The van der Waals surface area contributed by atoms with Gasteiger partial charge in [0, 0.05) is 17.0 Å². The number of rotatable bonds is 2. The number of hydrogen-bond acceptors (Lipinski definition) is 4. The lowest BCUT2D eigenvalue weighted by Crippen LogP contribution is -2.23. The highest BCUT2D eigenvalue weighted by molar-refractivity contribution is 7.91. The molecule has 114 valence electrons. The predicted octanol–water partition coefficient (Wildman–Crippen LogP) is 3.47. The third-order valence-corrected chi connectivity index (χ3v) is 5.38. The Bertz CT molecular complexity index is 848. The van der Waals surface area contributed by atoms with E-state index in [4.69, 9.17) is 11.6 Å². The van der Waals surface area contributed by atoms with Crippen molar-refractivity contribution in [1.82, 2.24) is 0 Å². The summed E-state index contributed by atoms with van der Waals surface area (Å²) in [5.74, 6) is -0.526. The lowest BCUT2D eigenvalue weighted by atomic mass is 10.1. The number of sulfone groups is 1. The van der Waals surface area contributed by atoms with Gasteiger partial charge >= 0.3 is 0 Å². The number of benzene rings is 2. The molecule has 2 aromatic carbocycles.